The number of nitrogens with zero attached hydrogens (tertiary/aromatic N) is 4. The molecular formula is C21H29N5O. The fraction of sp³-hybridized carbons (Fsp3) is 0.524. The van der Waals surface area contributed by atoms with Gasteiger partial charge in [0.05, 0.1) is 12.6 Å². The van der Waals surface area contributed by atoms with Gasteiger partial charge >= 0.3 is 6.03 Å². The van der Waals surface area contributed by atoms with Crippen molar-refractivity contribution in [2.75, 3.05) is 26.2 Å². The molecule has 2 aromatic rings. The predicted octanol–water partition coefficient (Wildman–Crippen LogP) is 2.89. The number of likely N-dealkylation sites (tertiary alicyclic amines) is 2. The number of urea groups is 1. The van der Waals surface area contributed by atoms with Gasteiger partial charge < -0.3 is 15.1 Å². The summed E-state index contributed by atoms with van der Waals surface area (Å²) in [5, 5.41) is 7.54. The van der Waals surface area contributed by atoms with Crippen molar-refractivity contribution in [2.24, 2.45) is 0 Å². The molecule has 6 nitrogen and oxygen atoms in total. The van der Waals surface area contributed by atoms with Crippen molar-refractivity contribution in [3.05, 3.63) is 54.4 Å². The van der Waals surface area contributed by atoms with E-state index in [9.17, 15) is 4.79 Å². The number of hydrogen-bond acceptors (Lipinski definition) is 3. The Morgan fingerprint density at radius 1 is 1.07 bits per heavy atom. The Balaban J connectivity index is 1.37. The van der Waals surface area contributed by atoms with Gasteiger partial charge in [0, 0.05) is 31.5 Å². The Morgan fingerprint density at radius 3 is 2.48 bits per heavy atom. The minimum atomic E-state index is -0.0881. The van der Waals surface area contributed by atoms with Gasteiger partial charge in [-0.3, -0.25) is 4.68 Å². The summed E-state index contributed by atoms with van der Waals surface area (Å²) in [6.07, 6.45) is 8.53. The van der Waals surface area contributed by atoms with Crippen LogP contribution in [0.2, 0.25) is 0 Å². The molecule has 0 radical (unpaired) electrons. The summed E-state index contributed by atoms with van der Waals surface area (Å²) in [5.74, 6) is 0. The summed E-state index contributed by atoms with van der Waals surface area (Å²) in [6, 6.07) is 12.7. The molecule has 0 aliphatic carbocycles. The number of benzene rings is 1. The van der Waals surface area contributed by atoms with Crippen LogP contribution >= 0.6 is 0 Å². The van der Waals surface area contributed by atoms with E-state index in [1.807, 2.05) is 40.0 Å². The van der Waals surface area contributed by atoms with Gasteiger partial charge in [-0.05, 0) is 50.4 Å². The second kappa shape index (κ2) is 8.57. The third-order valence-electron chi connectivity index (χ3n) is 5.84. The molecule has 1 aromatic carbocycles. The summed E-state index contributed by atoms with van der Waals surface area (Å²) in [5.41, 5.74) is 1.10. The summed E-state index contributed by atoms with van der Waals surface area (Å²) in [7, 11) is 0. The molecule has 2 amide bonds. The van der Waals surface area contributed by atoms with E-state index in [2.05, 4.69) is 27.4 Å². The Labute approximate surface area is 161 Å². The Kier molecular flexibility index (Phi) is 5.72. The zero-order chi connectivity index (χ0) is 18.5. The largest absolute Gasteiger partial charge is 0.329 e. The van der Waals surface area contributed by atoms with Gasteiger partial charge in [0.2, 0.25) is 0 Å². The molecule has 2 aliphatic rings. The van der Waals surface area contributed by atoms with Gasteiger partial charge in [-0.2, -0.15) is 5.10 Å². The van der Waals surface area contributed by atoms with Crippen molar-refractivity contribution in [1.29, 1.82) is 0 Å². The van der Waals surface area contributed by atoms with Crippen molar-refractivity contribution in [2.45, 2.75) is 44.3 Å². The number of carbonyl (C=O) groups is 1. The molecule has 4 rings (SSSR count). The zero-order valence-corrected chi connectivity index (χ0v) is 15.8. The average molecular weight is 367 g/mol. The van der Waals surface area contributed by atoms with Crippen LogP contribution in [0.25, 0.3) is 0 Å². The number of aromatic nitrogens is 2. The van der Waals surface area contributed by atoms with Crippen molar-refractivity contribution in [1.82, 2.24) is 24.9 Å². The maximum absolute atomic E-state index is 12.9. The van der Waals surface area contributed by atoms with Crippen molar-refractivity contribution >= 4 is 6.03 Å². The summed E-state index contributed by atoms with van der Waals surface area (Å²) < 4.78 is 1.87. The Bertz CT molecular complexity index is 703. The topological polar surface area (TPSA) is 53.4 Å². The monoisotopic (exact) mass is 367 g/mol. The molecule has 0 spiro atoms. The minimum absolute atomic E-state index is 0.0379. The molecule has 6 heteroatoms. The smallest absolute Gasteiger partial charge is 0.317 e. The number of nitrogens with one attached hydrogen (secondary N) is 1. The second-order valence-electron chi connectivity index (χ2n) is 7.60. The van der Waals surface area contributed by atoms with Crippen LogP contribution in [-0.2, 0) is 6.54 Å². The predicted molar refractivity (Wildman–Crippen MR) is 105 cm³/mol. The van der Waals surface area contributed by atoms with Crippen LogP contribution in [0.1, 0.15) is 37.3 Å². The van der Waals surface area contributed by atoms with Crippen LogP contribution in [0.15, 0.2) is 48.8 Å². The van der Waals surface area contributed by atoms with E-state index in [-0.39, 0.29) is 12.1 Å². The van der Waals surface area contributed by atoms with E-state index < -0.39 is 0 Å². The SMILES string of the molecule is O=C(N[C@H](Cn1cccn1)c1ccccc1)N1CCC(N2CCCC2)CC1. The Hall–Kier alpha value is -2.34. The fourth-order valence-electron chi connectivity index (χ4n) is 4.30. The number of carbonyl (C=O) groups excluding carboxylic acids is 1. The van der Waals surface area contributed by atoms with Crippen LogP contribution in [0.5, 0.6) is 0 Å². The minimum Gasteiger partial charge on any atom is -0.329 e. The maximum atomic E-state index is 12.9. The normalized spacial score (nSPS) is 19.9. The van der Waals surface area contributed by atoms with E-state index in [0.29, 0.717) is 12.6 Å². The Morgan fingerprint density at radius 2 is 1.81 bits per heavy atom. The highest BCUT2D eigenvalue weighted by Crippen LogP contribution is 2.22. The number of hydrogen-bond donors (Lipinski definition) is 1. The van der Waals surface area contributed by atoms with Gasteiger partial charge in [-0.25, -0.2) is 4.79 Å². The van der Waals surface area contributed by atoms with Gasteiger partial charge in [-0.15, -0.1) is 0 Å². The average Bonchev–Trinajstić information content (AvgIpc) is 3.42. The highest BCUT2D eigenvalue weighted by Gasteiger charge is 2.29. The first-order chi connectivity index (χ1) is 13.3. The van der Waals surface area contributed by atoms with E-state index in [4.69, 9.17) is 0 Å². The van der Waals surface area contributed by atoms with E-state index >= 15 is 0 Å². The summed E-state index contributed by atoms with van der Waals surface area (Å²) in [6.45, 7) is 4.78. The number of rotatable bonds is 5. The molecule has 1 N–H and O–H groups in total. The molecule has 1 aromatic heterocycles. The lowest BCUT2D eigenvalue weighted by Crippen LogP contribution is -2.50. The lowest BCUT2D eigenvalue weighted by Gasteiger charge is -2.37. The number of piperidine rings is 1. The maximum Gasteiger partial charge on any atom is 0.317 e. The molecule has 3 heterocycles. The molecule has 0 bridgehead atoms. The first-order valence-electron chi connectivity index (χ1n) is 10.1. The van der Waals surface area contributed by atoms with Crippen LogP contribution in [-0.4, -0.2) is 57.8 Å². The summed E-state index contributed by atoms with van der Waals surface area (Å²) >= 11 is 0. The van der Waals surface area contributed by atoms with Gasteiger partial charge in [0.25, 0.3) is 0 Å². The third-order valence-corrected chi connectivity index (χ3v) is 5.84. The van der Waals surface area contributed by atoms with Crippen LogP contribution in [0.3, 0.4) is 0 Å². The molecule has 144 valence electrons. The fourth-order valence-corrected chi connectivity index (χ4v) is 4.30. The van der Waals surface area contributed by atoms with Crippen LogP contribution < -0.4 is 5.32 Å². The zero-order valence-electron chi connectivity index (χ0n) is 15.8. The standard InChI is InChI=1S/C21H29N5O/c27-21(25-15-9-19(10-16-25)24-12-4-5-13-24)23-20(17-26-14-6-11-22-26)18-7-2-1-3-8-18/h1-3,6-8,11,14,19-20H,4-5,9-10,12-13,15-17H2,(H,23,27)/t20-/m1/s1. The van der Waals surface area contributed by atoms with E-state index in [1.165, 1.54) is 25.9 Å². The molecular weight excluding hydrogens is 338 g/mol. The van der Waals surface area contributed by atoms with E-state index in [1.54, 1.807) is 6.20 Å². The molecule has 2 aliphatic heterocycles. The van der Waals surface area contributed by atoms with E-state index in [0.717, 1.165) is 31.5 Å². The second-order valence-corrected chi connectivity index (χ2v) is 7.60. The van der Waals surface area contributed by atoms with Gasteiger partial charge in [-0.1, -0.05) is 30.3 Å². The first-order valence-corrected chi connectivity index (χ1v) is 10.1. The van der Waals surface area contributed by atoms with Gasteiger partial charge in [0.1, 0.15) is 0 Å². The van der Waals surface area contributed by atoms with Crippen molar-refractivity contribution in [3.8, 4) is 0 Å². The molecule has 0 saturated carbocycles. The molecule has 2 fully saturated rings. The lowest BCUT2D eigenvalue weighted by atomic mass is 10.0. The van der Waals surface area contributed by atoms with Crippen molar-refractivity contribution < 1.29 is 4.79 Å². The molecule has 27 heavy (non-hydrogen) atoms. The molecule has 1 atom stereocenters. The summed E-state index contributed by atoms with van der Waals surface area (Å²) in [4.78, 5) is 17.5. The number of amides is 2. The third kappa shape index (κ3) is 4.50. The first kappa shape index (κ1) is 18.0. The van der Waals surface area contributed by atoms with Crippen LogP contribution in [0, 0.1) is 0 Å². The van der Waals surface area contributed by atoms with Crippen molar-refractivity contribution in [3.63, 3.8) is 0 Å². The lowest BCUT2D eigenvalue weighted by molar-refractivity contribution is 0.131. The molecule has 0 unspecified atom stereocenters. The highest BCUT2D eigenvalue weighted by atomic mass is 16.2. The van der Waals surface area contributed by atoms with Crippen LogP contribution in [0.4, 0.5) is 4.79 Å². The van der Waals surface area contributed by atoms with Gasteiger partial charge in [0.15, 0.2) is 0 Å². The molecule has 2 saturated heterocycles. The quantitative estimate of drug-likeness (QED) is 0.884. The highest BCUT2D eigenvalue weighted by molar-refractivity contribution is 5.74.